The number of furan rings is 1. The molecule has 1 unspecified atom stereocenters. The molecule has 0 aromatic carbocycles. The van der Waals surface area contributed by atoms with Crippen LogP contribution in [0.15, 0.2) is 19.6 Å². The predicted octanol–water partition coefficient (Wildman–Crippen LogP) is 3.32. The van der Waals surface area contributed by atoms with E-state index in [2.05, 4.69) is 44.1 Å². The lowest BCUT2D eigenvalue weighted by Crippen LogP contribution is -2.31. The minimum atomic E-state index is 0.373. The van der Waals surface area contributed by atoms with Gasteiger partial charge in [-0.3, -0.25) is 0 Å². The second-order valence-electron chi connectivity index (χ2n) is 3.28. The van der Waals surface area contributed by atoms with Gasteiger partial charge in [0.15, 0.2) is 4.67 Å². The van der Waals surface area contributed by atoms with Crippen molar-refractivity contribution in [3.05, 3.63) is 21.0 Å². The molecule has 0 aliphatic carbocycles. The van der Waals surface area contributed by atoms with E-state index in [1.54, 1.807) is 7.11 Å². The minimum absolute atomic E-state index is 0.373. The van der Waals surface area contributed by atoms with Crippen LogP contribution in [0.2, 0.25) is 0 Å². The maximum atomic E-state index is 5.45. The minimum Gasteiger partial charge on any atom is -0.452 e. The summed E-state index contributed by atoms with van der Waals surface area (Å²) in [6.45, 7) is 3.57. The average Bonchev–Trinajstić information content (AvgIpc) is 2.53. The molecule has 1 rings (SSSR count). The number of nitrogens with one attached hydrogen (secondary N) is 1. The van der Waals surface area contributed by atoms with Gasteiger partial charge in [0.1, 0.15) is 5.76 Å². The SMILES string of the molecule is CCC(COC)NCc1cc(Br)c(Br)o1. The highest BCUT2D eigenvalue weighted by molar-refractivity contribution is 9.13. The third-order valence-corrected chi connectivity index (χ3v) is 3.83. The Morgan fingerprint density at radius 1 is 1.53 bits per heavy atom. The molecular weight excluding hydrogens is 326 g/mol. The van der Waals surface area contributed by atoms with Crippen molar-refractivity contribution < 1.29 is 9.15 Å². The van der Waals surface area contributed by atoms with Crippen LogP contribution in [0.3, 0.4) is 0 Å². The van der Waals surface area contributed by atoms with Crippen LogP contribution in [0, 0.1) is 0 Å². The summed E-state index contributed by atoms with van der Waals surface area (Å²) in [6, 6.07) is 2.33. The van der Waals surface area contributed by atoms with Gasteiger partial charge < -0.3 is 14.5 Å². The third kappa shape index (κ3) is 4.26. The zero-order valence-corrected chi connectivity index (χ0v) is 12.0. The van der Waals surface area contributed by atoms with Crippen molar-refractivity contribution in [1.82, 2.24) is 5.32 Å². The molecule has 1 atom stereocenters. The fraction of sp³-hybridized carbons (Fsp3) is 0.600. The smallest absolute Gasteiger partial charge is 0.183 e. The van der Waals surface area contributed by atoms with E-state index in [0.717, 1.165) is 27.9 Å². The Bertz CT molecular complexity index is 282. The number of ether oxygens (including phenoxy) is 1. The molecule has 0 spiro atoms. The summed E-state index contributed by atoms with van der Waals surface area (Å²) in [5.74, 6) is 0.906. The molecular formula is C10H15Br2NO2. The average molecular weight is 341 g/mol. The Morgan fingerprint density at radius 2 is 2.27 bits per heavy atom. The molecule has 0 radical (unpaired) electrons. The van der Waals surface area contributed by atoms with Crippen molar-refractivity contribution in [2.45, 2.75) is 25.9 Å². The van der Waals surface area contributed by atoms with E-state index in [9.17, 15) is 0 Å². The maximum absolute atomic E-state index is 5.45. The molecule has 1 aromatic rings. The lowest BCUT2D eigenvalue weighted by molar-refractivity contribution is 0.162. The van der Waals surface area contributed by atoms with Crippen molar-refractivity contribution in [3.8, 4) is 0 Å². The summed E-state index contributed by atoms with van der Waals surface area (Å²) >= 11 is 6.68. The summed E-state index contributed by atoms with van der Waals surface area (Å²) < 4.78 is 12.2. The maximum Gasteiger partial charge on any atom is 0.183 e. The molecule has 1 N–H and O–H groups in total. The summed E-state index contributed by atoms with van der Waals surface area (Å²) in [4.78, 5) is 0. The number of hydrogen-bond acceptors (Lipinski definition) is 3. The van der Waals surface area contributed by atoms with Gasteiger partial charge in [0.25, 0.3) is 0 Å². The van der Waals surface area contributed by atoms with Crippen molar-refractivity contribution in [2.75, 3.05) is 13.7 Å². The second kappa shape index (κ2) is 6.68. The van der Waals surface area contributed by atoms with Crippen LogP contribution in [0.25, 0.3) is 0 Å². The standard InChI is InChI=1S/C10H15Br2NO2/c1-3-7(6-14-2)13-5-8-4-9(11)10(12)15-8/h4,7,13H,3,5-6H2,1-2H3. The number of halogens is 2. The Morgan fingerprint density at radius 3 is 2.73 bits per heavy atom. The van der Waals surface area contributed by atoms with Crippen LogP contribution >= 0.6 is 31.9 Å². The highest BCUT2D eigenvalue weighted by Gasteiger charge is 2.09. The van der Waals surface area contributed by atoms with Gasteiger partial charge in [-0.05, 0) is 44.3 Å². The van der Waals surface area contributed by atoms with Crippen molar-refractivity contribution in [1.29, 1.82) is 0 Å². The van der Waals surface area contributed by atoms with Crippen molar-refractivity contribution >= 4 is 31.9 Å². The Labute approximate surface area is 107 Å². The van der Waals surface area contributed by atoms with E-state index >= 15 is 0 Å². The van der Waals surface area contributed by atoms with E-state index in [4.69, 9.17) is 9.15 Å². The molecule has 0 fully saturated rings. The number of hydrogen-bond donors (Lipinski definition) is 1. The quantitative estimate of drug-likeness (QED) is 0.862. The summed E-state index contributed by atoms with van der Waals surface area (Å²) in [5.41, 5.74) is 0. The molecule has 0 aliphatic rings. The monoisotopic (exact) mass is 339 g/mol. The van der Waals surface area contributed by atoms with Gasteiger partial charge in [-0.25, -0.2) is 0 Å². The molecule has 0 bridgehead atoms. The molecule has 5 heteroatoms. The van der Waals surface area contributed by atoms with Gasteiger partial charge in [-0.15, -0.1) is 0 Å². The van der Waals surface area contributed by atoms with Crippen LogP contribution < -0.4 is 5.32 Å². The van der Waals surface area contributed by atoms with Gasteiger partial charge >= 0.3 is 0 Å². The number of methoxy groups -OCH3 is 1. The lowest BCUT2D eigenvalue weighted by atomic mass is 10.2. The molecule has 1 aromatic heterocycles. The lowest BCUT2D eigenvalue weighted by Gasteiger charge is -2.14. The van der Waals surface area contributed by atoms with Crippen LogP contribution in [-0.4, -0.2) is 19.8 Å². The molecule has 86 valence electrons. The predicted molar refractivity (Wildman–Crippen MR) is 66.9 cm³/mol. The number of rotatable bonds is 6. The molecule has 0 amide bonds. The Hall–Kier alpha value is 0.160. The van der Waals surface area contributed by atoms with Crippen LogP contribution in [0.5, 0.6) is 0 Å². The van der Waals surface area contributed by atoms with Gasteiger partial charge in [-0.1, -0.05) is 6.92 Å². The van der Waals surface area contributed by atoms with Gasteiger partial charge in [0.05, 0.1) is 17.6 Å². The van der Waals surface area contributed by atoms with E-state index in [1.807, 2.05) is 6.07 Å². The first-order valence-corrected chi connectivity index (χ1v) is 6.42. The van der Waals surface area contributed by atoms with E-state index in [1.165, 1.54) is 0 Å². The first-order valence-electron chi connectivity index (χ1n) is 4.83. The second-order valence-corrected chi connectivity index (χ2v) is 4.85. The highest BCUT2D eigenvalue weighted by atomic mass is 79.9. The zero-order chi connectivity index (χ0) is 11.3. The summed E-state index contributed by atoms with van der Waals surface area (Å²) in [5, 5.41) is 3.37. The van der Waals surface area contributed by atoms with E-state index in [-0.39, 0.29) is 0 Å². The highest BCUT2D eigenvalue weighted by Crippen LogP contribution is 2.26. The summed E-state index contributed by atoms with van der Waals surface area (Å²) in [6.07, 6.45) is 1.04. The van der Waals surface area contributed by atoms with Crippen LogP contribution in [-0.2, 0) is 11.3 Å². The van der Waals surface area contributed by atoms with E-state index < -0.39 is 0 Å². The van der Waals surface area contributed by atoms with Gasteiger partial charge in [0, 0.05) is 13.2 Å². The fourth-order valence-electron chi connectivity index (χ4n) is 1.25. The first kappa shape index (κ1) is 13.2. The molecule has 1 heterocycles. The van der Waals surface area contributed by atoms with Crippen LogP contribution in [0.4, 0.5) is 0 Å². The molecule has 0 saturated carbocycles. The van der Waals surface area contributed by atoms with Crippen LogP contribution in [0.1, 0.15) is 19.1 Å². The zero-order valence-electron chi connectivity index (χ0n) is 8.85. The topological polar surface area (TPSA) is 34.4 Å². The molecule has 3 nitrogen and oxygen atoms in total. The van der Waals surface area contributed by atoms with Crippen molar-refractivity contribution in [3.63, 3.8) is 0 Å². The van der Waals surface area contributed by atoms with Gasteiger partial charge in [-0.2, -0.15) is 0 Å². The van der Waals surface area contributed by atoms with Crippen molar-refractivity contribution in [2.24, 2.45) is 0 Å². The molecule has 0 saturated heterocycles. The van der Waals surface area contributed by atoms with Gasteiger partial charge in [0.2, 0.25) is 0 Å². The normalized spacial score (nSPS) is 13.1. The van der Waals surface area contributed by atoms with E-state index in [0.29, 0.717) is 12.6 Å². The molecule has 15 heavy (non-hydrogen) atoms. The molecule has 0 aliphatic heterocycles. The third-order valence-electron chi connectivity index (χ3n) is 2.12. The first-order chi connectivity index (χ1) is 7.17. The summed E-state index contributed by atoms with van der Waals surface area (Å²) in [7, 11) is 1.71. The Kier molecular flexibility index (Phi) is 5.89. The fourth-order valence-corrected chi connectivity index (χ4v) is 1.90. The largest absolute Gasteiger partial charge is 0.452 e. The Balaban J connectivity index is 2.41.